The van der Waals surface area contributed by atoms with Crippen molar-refractivity contribution in [1.29, 1.82) is 0 Å². The maximum Gasteiger partial charge on any atom is 0.132 e. The van der Waals surface area contributed by atoms with E-state index in [9.17, 15) is 0 Å². The van der Waals surface area contributed by atoms with Gasteiger partial charge in [0.1, 0.15) is 11.6 Å². The van der Waals surface area contributed by atoms with Crippen LogP contribution in [0.25, 0.3) is 0 Å². The molecule has 1 aliphatic rings. The van der Waals surface area contributed by atoms with Gasteiger partial charge in [0.05, 0.1) is 5.69 Å². The Kier molecular flexibility index (Phi) is 1.73. The minimum atomic E-state index is 0.343. The third kappa shape index (κ3) is 1.18. The van der Waals surface area contributed by atoms with Crippen LogP contribution in [0.1, 0.15) is 30.0 Å². The first-order chi connectivity index (χ1) is 6.09. The fourth-order valence-corrected chi connectivity index (χ4v) is 1.83. The molecule has 2 heterocycles. The molecule has 1 aliphatic heterocycles. The molecule has 0 aromatic carbocycles. The van der Waals surface area contributed by atoms with Crippen LogP contribution >= 0.6 is 0 Å². The third-order valence-corrected chi connectivity index (χ3v) is 2.64. The maximum absolute atomic E-state index is 5.85. The van der Waals surface area contributed by atoms with E-state index >= 15 is 0 Å². The van der Waals surface area contributed by atoms with Crippen molar-refractivity contribution in [2.24, 2.45) is 0 Å². The first-order valence-corrected chi connectivity index (χ1v) is 4.42. The van der Waals surface area contributed by atoms with Crippen molar-refractivity contribution < 1.29 is 0 Å². The summed E-state index contributed by atoms with van der Waals surface area (Å²) in [5.74, 6) is 1.40. The topological polar surface area (TPSA) is 55.0 Å². The molecule has 1 unspecified atom stereocenters. The van der Waals surface area contributed by atoms with Crippen LogP contribution in [0.5, 0.6) is 0 Å². The summed E-state index contributed by atoms with van der Waals surface area (Å²) in [6.45, 7) is 4.88. The molecular weight excluding hydrogens is 164 g/mol. The standard InChI is InChI=1S/C9H14N4/c1-5-8-7(4-13(5)3)11-6(2)12-9(8)10/h5H,4H2,1-3H3,(H2,10,11,12). The van der Waals surface area contributed by atoms with Gasteiger partial charge in [0, 0.05) is 18.2 Å². The number of anilines is 1. The highest BCUT2D eigenvalue weighted by atomic mass is 15.2. The lowest BCUT2D eigenvalue weighted by molar-refractivity contribution is 0.285. The molecule has 0 bridgehead atoms. The Bertz CT molecular complexity index is 348. The average Bonchev–Trinajstić information content (AvgIpc) is 2.27. The van der Waals surface area contributed by atoms with E-state index in [0.29, 0.717) is 11.9 Å². The summed E-state index contributed by atoms with van der Waals surface area (Å²) in [6.07, 6.45) is 0. The SMILES string of the molecule is Cc1nc(N)c2c(n1)CN(C)C2C. The first-order valence-electron chi connectivity index (χ1n) is 4.42. The predicted octanol–water partition coefficient (Wildman–Crippen LogP) is 0.874. The number of fused-ring (bicyclic) bond motifs is 1. The molecule has 0 spiro atoms. The summed E-state index contributed by atoms with van der Waals surface area (Å²) in [5, 5.41) is 0. The van der Waals surface area contributed by atoms with Gasteiger partial charge in [-0.2, -0.15) is 0 Å². The zero-order chi connectivity index (χ0) is 9.59. The van der Waals surface area contributed by atoms with E-state index in [1.807, 2.05) is 6.92 Å². The molecule has 0 fully saturated rings. The Morgan fingerprint density at radius 2 is 2.15 bits per heavy atom. The minimum Gasteiger partial charge on any atom is -0.383 e. The van der Waals surface area contributed by atoms with E-state index in [4.69, 9.17) is 5.73 Å². The third-order valence-electron chi connectivity index (χ3n) is 2.64. The van der Waals surface area contributed by atoms with Crippen molar-refractivity contribution in [3.8, 4) is 0 Å². The zero-order valence-electron chi connectivity index (χ0n) is 8.20. The van der Waals surface area contributed by atoms with E-state index in [-0.39, 0.29) is 0 Å². The predicted molar refractivity (Wildman–Crippen MR) is 51.1 cm³/mol. The molecule has 0 radical (unpaired) electrons. The normalized spacial score (nSPS) is 21.9. The van der Waals surface area contributed by atoms with Gasteiger partial charge in [-0.05, 0) is 20.9 Å². The van der Waals surface area contributed by atoms with Gasteiger partial charge in [-0.3, -0.25) is 4.90 Å². The number of hydrogen-bond acceptors (Lipinski definition) is 4. The fourth-order valence-electron chi connectivity index (χ4n) is 1.83. The van der Waals surface area contributed by atoms with Crippen molar-refractivity contribution >= 4 is 5.82 Å². The maximum atomic E-state index is 5.85. The smallest absolute Gasteiger partial charge is 0.132 e. The lowest BCUT2D eigenvalue weighted by Gasteiger charge is -2.14. The molecule has 13 heavy (non-hydrogen) atoms. The molecule has 1 aromatic heterocycles. The van der Waals surface area contributed by atoms with Gasteiger partial charge in [0.25, 0.3) is 0 Å². The molecule has 0 amide bonds. The number of aromatic nitrogens is 2. The van der Waals surface area contributed by atoms with E-state index in [2.05, 4.69) is 28.8 Å². The van der Waals surface area contributed by atoms with Gasteiger partial charge in [0.15, 0.2) is 0 Å². The van der Waals surface area contributed by atoms with Gasteiger partial charge in [-0.15, -0.1) is 0 Å². The quantitative estimate of drug-likeness (QED) is 0.640. The van der Waals surface area contributed by atoms with Gasteiger partial charge in [-0.1, -0.05) is 0 Å². The Morgan fingerprint density at radius 3 is 2.85 bits per heavy atom. The Hall–Kier alpha value is -1.16. The summed E-state index contributed by atoms with van der Waals surface area (Å²) >= 11 is 0. The van der Waals surface area contributed by atoms with E-state index in [1.54, 1.807) is 0 Å². The lowest BCUT2D eigenvalue weighted by Crippen LogP contribution is -2.13. The number of nitrogens with two attached hydrogens (primary N) is 1. The Morgan fingerprint density at radius 1 is 1.46 bits per heavy atom. The van der Waals surface area contributed by atoms with Crippen molar-refractivity contribution in [2.45, 2.75) is 26.4 Å². The van der Waals surface area contributed by atoms with Crippen LogP contribution < -0.4 is 5.73 Å². The van der Waals surface area contributed by atoms with Gasteiger partial charge >= 0.3 is 0 Å². The molecule has 4 nitrogen and oxygen atoms in total. The fraction of sp³-hybridized carbons (Fsp3) is 0.556. The molecule has 0 aliphatic carbocycles. The largest absolute Gasteiger partial charge is 0.383 e. The van der Waals surface area contributed by atoms with Crippen LogP contribution in [-0.4, -0.2) is 21.9 Å². The molecule has 70 valence electrons. The van der Waals surface area contributed by atoms with Crippen molar-refractivity contribution in [3.05, 3.63) is 17.1 Å². The number of nitrogens with zero attached hydrogens (tertiary/aromatic N) is 3. The molecule has 1 atom stereocenters. The lowest BCUT2D eigenvalue weighted by atomic mass is 10.1. The molecule has 2 rings (SSSR count). The first kappa shape index (κ1) is 8.44. The summed E-state index contributed by atoms with van der Waals surface area (Å²) in [4.78, 5) is 10.8. The van der Waals surface area contributed by atoms with Crippen LogP contribution in [0.4, 0.5) is 5.82 Å². The number of aryl methyl sites for hydroxylation is 1. The van der Waals surface area contributed by atoms with Crippen LogP contribution in [0, 0.1) is 6.92 Å². The average molecular weight is 178 g/mol. The molecule has 0 saturated heterocycles. The molecule has 2 N–H and O–H groups in total. The van der Waals surface area contributed by atoms with Crippen LogP contribution in [0.15, 0.2) is 0 Å². The van der Waals surface area contributed by atoms with Gasteiger partial charge in [-0.25, -0.2) is 9.97 Å². The summed E-state index contributed by atoms with van der Waals surface area (Å²) in [6, 6.07) is 0.343. The highest BCUT2D eigenvalue weighted by molar-refractivity contribution is 5.46. The second-order valence-electron chi connectivity index (χ2n) is 3.61. The Labute approximate surface area is 77.8 Å². The van der Waals surface area contributed by atoms with Crippen molar-refractivity contribution in [1.82, 2.24) is 14.9 Å². The molecule has 4 heteroatoms. The van der Waals surface area contributed by atoms with Crippen LogP contribution in [0.2, 0.25) is 0 Å². The summed E-state index contributed by atoms with van der Waals surface area (Å²) in [5.41, 5.74) is 8.04. The molecular formula is C9H14N4. The highest BCUT2D eigenvalue weighted by Crippen LogP contribution is 2.33. The van der Waals surface area contributed by atoms with Crippen molar-refractivity contribution in [2.75, 3.05) is 12.8 Å². The highest BCUT2D eigenvalue weighted by Gasteiger charge is 2.27. The van der Waals surface area contributed by atoms with E-state index in [1.165, 1.54) is 0 Å². The van der Waals surface area contributed by atoms with Gasteiger partial charge in [0.2, 0.25) is 0 Å². The summed E-state index contributed by atoms with van der Waals surface area (Å²) < 4.78 is 0. The second-order valence-corrected chi connectivity index (χ2v) is 3.61. The molecule has 1 aromatic rings. The van der Waals surface area contributed by atoms with E-state index < -0.39 is 0 Å². The zero-order valence-corrected chi connectivity index (χ0v) is 8.20. The minimum absolute atomic E-state index is 0.343. The van der Waals surface area contributed by atoms with E-state index in [0.717, 1.165) is 23.6 Å². The Balaban J connectivity index is 2.57. The van der Waals surface area contributed by atoms with Crippen molar-refractivity contribution in [3.63, 3.8) is 0 Å². The number of nitrogen functional groups attached to an aromatic ring is 1. The number of rotatable bonds is 0. The number of hydrogen-bond donors (Lipinski definition) is 1. The monoisotopic (exact) mass is 178 g/mol. The van der Waals surface area contributed by atoms with Gasteiger partial charge < -0.3 is 5.73 Å². The van der Waals surface area contributed by atoms with Crippen LogP contribution in [0.3, 0.4) is 0 Å². The summed E-state index contributed by atoms with van der Waals surface area (Å²) in [7, 11) is 2.07. The second kappa shape index (κ2) is 2.67. The van der Waals surface area contributed by atoms with Crippen LogP contribution in [-0.2, 0) is 6.54 Å². The molecule has 0 saturated carbocycles.